The lowest BCUT2D eigenvalue weighted by Crippen LogP contribution is -2.20. The number of benzene rings is 1. The van der Waals surface area contributed by atoms with Crippen molar-refractivity contribution in [1.82, 2.24) is 19.7 Å². The number of rotatable bonds is 4. The van der Waals surface area contributed by atoms with Gasteiger partial charge in [0.05, 0.1) is 11.4 Å². The molecule has 1 aromatic carbocycles. The third-order valence-corrected chi connectivity index (χ3v) is 4.33. The van der Waals surface area contributed by atoms with Crippen LogP contribution in [0.5, 0.6) is 0 Å². The van der Waals surface area contributed by atoms with E-state index in [4.69, 9.17) is 5.10 Å². The highest BCUT2D eigenvalue weighted by Gasteiger charge is 2.17. The number of aryl methyl sites for hydroxylation is 2. The van der Waals surface area contributed by atoms with Gasteiger partial charge in [-0.2, -0.15) is 10.4 Å². The molecule has 0 saturated carbocycles. The second kappa shape index (κ2) is 6.73. The zero-order valence-electron chi connectivity index (χ0n) is 14.9. The second-order valence-corrected chi connectivity index (χ2v) is 6.04. The topological polar surface area (TPSA) is 70.6 Å². The van der Waals surface area contributed by atoms with Gasteiger partial charge in [-0.25, -0.2) is 14.6 Å². The Hall–Kier alpha value is -3.20. The highest BCUT2D eigenvalue weighted by molar-refractivity contribution is 5.50. The summed E-state index contributed by atoms with van der Waals surface area (Å²) >= 11 is 0. The predicted molar refractivity (Wildman–Crippen MR) is 96.6 cm³/mol. The molecular formula is C19H20N6. The van der Waals surface area contributed by atoms with E-state index in [0.29, 0.717) is 18.1 Å². The second-order valence-electron chi connectivity index (χ2n) is 6.04. The molecule has 6 heteroatoms. The average Bonchev–Trinajstić information content (AvgIpc) is 2.90. The molecule has 0 aliphatic carbocycles. The normalized spacial score (nSPS) is 10.5. The third kappa shape index (κ3) is 3.09. The van der Waals surface area contributed by atoms with Crippen molar-refractivity contribution in [1.29, 1.82) is 5.26 Å². The van der Waals surface area contributed by atoms with Crippen molar-refractivity contribution in [3.63, 3.8) is 0 Å². The first-order chi connectivity index (χ1) is 12.0. The van der Waals surface area contributed by atoms with Crippen LogP contribution in [0.3, 0.4) is 0 Å². The van der Waals surface area contributed by atoms with Crippen LogP contribution in [0.1, 0.15) is 28.2 Å². The van der Waals surface area contributed by atoms with Crippen molar-refractivity contribution in [2.75, 3.05) is 11.9 Å². The van der Waals surface area contributed by atoms with Crippen molar-refractivity contribution in [2.45, 2.75) is 27.3 Å². The molecule has 0 amide bonds. The van der Waals surface area contributed by atoms with Crippen molar-refractivity contribution in [2.24, 2.45) is 0 Å². The number of hydrogen-bond donors (Lipinski definition) is 0. The maximum absolute atomic E-state index is 9.23. The van der Waals surface area contributed by atoms with Gasteiger partial charge in [0.2, 0.25) is 0 Å². The Balaban J connectivity index is 1.97. The summed E-state index contributed by atoms with van der Waals surface area (Å²) in [4.78, 5) is 10.3. The van der Waals surface area contributed by atoms with Gasteiger partial charge in [-0.1, -0.05) is 18.2 Å². The molecule has 0 aliphatic rings. The predicted octanol–water partition coefficient (Wildman–Crippen LogP) is 3.10. The zero-order chi connectivity index (χ0) is 18.0. The SMILES string of the molecule is Cc1ccccc1-n1nc(C)c(CN(C)c2nccnc2C#N)c1C. The van der Waals surface area contributed by atoms with Gasteiger partial charge >= 0.3 is 0 Å². The van der Waals surface area contributed by atoms with E-state index in [-0.39, 0.29) is 0 Å². The molecule has 0 aliphatic heterocycles. The Morgan fingerprint density at radius 1 is 1.12 bits per heavy atom. The van der Waals surface area contributed by atoms with E-state index in [1.807, 2.05) is 35.7 Å². The number of anilines is 1. The summed E-state index contributed by atoms with van der Waals surface area (Å²) in [5, 5.41) is 13.9. The minimum atomic E-state index is 0.326. The fourth-order valence-electron chi connectivity index (χ4n) is 2.94. The fourth-order valence-corrected chi connectivity index (χ4v) is 2.94. The van der Waals surface area contributed by atoms with Crippen LogP contribution in [-0.4, -0.2) is 26.8 Å². The lowest BCUT2D eigenvalue weighted by atomic mass is 10.1. The minimum Gasteiger partial charge on any atom is -0.353 e. The first-order valence-corrected chi connectivity index (χ1v) is 8.06. The van der Waals surface area contributed by atoms with E-state index >= 15 is 0 Å². The zero-order valence-corrected chi connectivity index (χ0v) is 14.9. The molecule has 0 fully saturated rings. The van der Waals surface area contributed by atoms with Crippen LogP contribution in [0.2, 0.25) is 0 Å². The van der Waals surface area contributed by atoms with Gasteiger partial charge in [0, 0.05) is 37.2 Å². The van der Waals surface area contributed by atoms with E-state index in [9.17, 15) is 5.26 Å². The standard InChI is InChI=1S/C19H20N6/c1-13-7-5-6-8-18(13)25-15(3)16(14(2)23-25)12-24(4)19-17(11-20)21-9-10-22-19/h5-10H,12H2,1-4H3. The largest absolute Gasteiger partial charge is 0.353 e. The Morgan fingerprint density at radius 2 is 1.84 bits per heavy atom. The summed E-state index contributed by atoms with van der Waals surface area (Å²) in [5.74, 6) is 0.576. The van der Waals surface area contributed by atoms with Gasteiger partial charge in [0.25, 0.3) is 0 Å². The molecule has 25 heavy (non-hydrogen) atoms. The number of para-hydroxylation sites is 1. The Bertz CT molecular complexity index is 951. The number of aromatic nitrogens is 4. The van der Waals surface area contributed by atoms with E-state index in [2.05, 4.69) is 42.0 Å². The number of hydrogen-bond acceptors (Lipinski definition) is 5. The Kier molecular flexibility index (Phi) is 4.48. The molecule has 126 valence electrons. The van der Waals surface area contributed by atoms with Gasteiger partial charge in [0.1, 0.15) is 6.07 Å². The monoisotopic (exact) mass is 332 g/mol. The summed E-state index contributed by atoms with van der Waals surface area (Å²) in [6, 6.07) is 10.3. The third-order valence-electron chi connectivity index (χ3n) is 4.33. The molecule has 0 atom stereocenters. The molecule has 0 bridgehead atoms. The van der Waals surface area contributed by atoms with E-state index in [1.54, 1.807) is 6.20 Å². The van der Waals surface area contributed by atoms with Gasteiger partial charge in [-0.3, -0.25) is 0 Å². The van der Waals surface area contributed by atoms with Crippen LogP contribution in [0.25, 0.3) is 5.69 Å². The summed E-state index contributed by atoms with van der Waals surface area (Å²) in [6.45, 7) is 6.76. The molecule has 0 saturated heterocycles. The summed E-state index contributed by atoms with van der Waals surface area (Å²) < 4.78 is 1.98. The van der Waals surface area contributed by atoms with Gasteiger partial charge < -0.3 is 4.90 Å². The highest BCUT2D eigenvalue weighted by atomic mass is 15.3. The molecule has 0 radical (unpaired) electrons. The molecule has 3 aromatic rings. The molecule has 0 spiro atoms. The molecule has 3 rings (SSSR count). The number of nitrogens with zero attached hydrogens (tertiary/aromatic N) is 6. The summed E-state index contributed by atoms with van der Waals surface area (Å²) in [5.41, 5.74) is 5.76. The van der Waals surface area contributed by atoms with Crippen LogP contribution in [0, 0.1) is 32.1 Å². The van der Waals surface area contributed by atoms with E-state index in [1.165, 1.54) is 11.8 Å². The van der Waals surface area contributed by atoms with E-state index in [0.717, 1.165) is 22.6 Å². The quantitative estimate of drug-likeness (QED) is 0.734. The molecule has 2 aromatic heterocycles. The summed E-state index contributed by atoms with van der Waals surface area (Å²) in [6.07, 6.45) is 3.13. The highest BCUT2D eigenvalue weighted by Crippen LogP contribution is 2.23. The van der Waals surface area contributed by atoms with Crippen molar-refractivity contribution in [3.8, 4) is 11.8 Å². The number of nitriles is 1. The molecule has 6 nitrogen and oxygen atoms in total. The maximum Gasteiger partial charge on any atom is 0.183 e. The molecule has 0 unspecified atom stereocenters. The molecule has 0 N–H and O–H groups in total. The minimum absolute atomic E-state index is 0.326. The smallest absolute Gasteiger partial charge is 0.183 e. The van der Waals surface area contributed by atoms with Crippen LogP contribution in [0.15, 0.2) is 36.7 Å². The van der Waals surface area contributed by atoms with Gasteiger partial charge in [-0.05, 0) is 32.4 Å². The van der Waals surface area contributed by atoms with Crippen molar-refractivity contribution in [3.05, 3.63) is 64.9 Å². The van der Waals surface area contributed by atoms with Crippen LogP contribution >= 0.6 is 0 Å². The Morgan fingerprint density at radius 3 is 2.56 bits per heavy atom. The van der Waals surface area contributed by atoms with Crippen LogP contribution in [-0.2, 0) is 6.54 Å². The van der Waals surface area contributed by atoms with Crippen molar-refractivity contribution >= 4 is 5.82 Å². The average molecular weight is 332 g/mol. The lowest BCUT2D eigenvalue weighted by Gasteiger charge is -2.19. The van der Waals surface area contributed by atoms with Gasteiger partial charge in [-0.15, -0.1) is 0 Å². The first-order valence-electron chi connectivity index (χ1n) is 8.06. The van der Waals surface area contributed by atoms with Crippen LogP contribution in [0.4, 0.5) is 5.82 Å². The first kappa shape index (κ1) is 16.7. The Labute approximate surface area is 147 Å². The molecular weight excluding hydrogens is 312 g/mol. The molecule has 2 heterocycles. The fraction of sp³-hybridized carbons (Fsp3) is 0.263. The summed E-state index contributed by atoms with van der Waals surface area (Å²) in [7, 11) is 1.91. The van der Waals surface area contributed by atoms with Gasteiger partial charge in [0.15, 0.2) is 11.5 Å². The lowest BCUT2D eigenvalue weighted by molar-refractivity contribution is 0.824. The van der Waals surface area contributed by atoms with Crippen molar-refractivity contribution < 1.29 is 0 Å². The van der Waals surface area contributed by atoms with Crippen LogP contribution < -0.4 is 4.90 Å². The maximum atomic E-state index is 9.23. The van der Waals surface area contributed by atoms with E-state index < -0.39 is 0 Å².